The van der Waals surface area contributed by atoms with Crippen LogP contribution in [0.25, 0.3) is 0 Å². The molecule has 0 atom stereocenters. The Morgan fingerprint density at radius 1 is 1.24 bits per heavy atom. The molecular weight excluding hydrogens is 293 g/mol. The zero-order valence-corrected chi connectivity index (χ0v) is 12.3. The minimum Gasteiger partial charge on any atom is -0.492 e. The molecule has 0 aromatic heterocycles. The van der Waals surface area contributed by atoms with Crippen LogP contribution < -0.4 is 10.1 Å². The highest BCUT2D eigenvalue weighted by atomic mass is 35.5. The quantitative estimate of drug-likeness (QED) is 0.857. The third-order valence-electron chi connectivity index (χ3n) is 2.85. The van der Waals surface area contributed by atoms with Crippen LogP contribution in [-0.2, 0) is 0 Å². The predicted octanol–water partition coefficient (Wildman–Crippen LogP) is 3.60. The number of carbonyl (C=O) groups excluding carboxylic acids is 1. The monoisotopic (exact) mass is 307 g/mol. The maximum atomic E-state index is 12.9. The van der Waals surface area contributed by atoms with Crippen molar-refractivity contribution in [1.82, 2.24) is 5.32 Å². The van der Waals surface area contributed by atoms with Crippen LogP contribution in [0, 0.1) is 12.7 Å². The Balaban J connectivity index is 1.80. The van der Waals surface area contributed by atoms with Crippen LogP contribution >= 0.6 is 11.6 Å². The van der Waals surface area contributed by atoms with Crippen molar-refractivity contribution in [2.45, 2.75) is 6.92 Å². The summed E-state index contributed by atoms with van der Waals surface area (Å²) in [4.78, 5) is 11.9. The van der Waals surface area contributed by atoms with Gasteiger partial charge in [0.05, 0.1) is 17.1 Å². The van der Waals surface area contributed by atoms with Gasteiger partial charge in [0.25, 0.3) is 5.91 Å². The first-order chi connectivity index (χ1) is 10.1. The number of halogens is 2. The third kappa shape index (κ3) is 4.46. The number of hydrogen-bond acceptors (Lipinski definition) is 2. The van der Waals surface area contributed by atoms with Crippen LogP contribution in [-0.4, -0.2) is 19.1 Å². The largest absolute Gasteiger partial charge is 0.492 e. The molecule has 110 valence electrons. The zero-order chi connectivity index (χ0) is 15.2. The fourth-order valence-corrected chi connectivity index (χ4v) is 1.99. The van der Waals surface area contributed by atoms with E-state index >= 15 is 0 Å². The maximum absolute atomic E-state index is 12.9. The highest BCUT2D eigenvalue weighted by Gasteiger charge is 2.10. The average Bonchev–Trinajstić information content (AvgIpc) is 2.45. The Kier molecular flexibility index (Phi) is 5.17. The summed E-state index contributed by atoms with van der Waals surface area (Å²) < 4.78 is 18.4. The molecule has 0 radical (unpaired) electrons. The lowest BCUT2D eigenvalue weighted by atomic mass is 10.2. The molecule has 0 unspecified atom stereocenters. The molecule has 5 heteroatoms. The number of hydrogen-bond donors (Lipinski definition) is 1. The average molecular weight is 308 g/mol. The Hall–Kier alpha value is -2.07. The normalized spacial score (nSPS) is 10.2. The van der Waals surface area contributed by atoms with Gasteiger partial charge in [-0.1, -0.05) is 29.3 Å². The van der Waals surface area contributed by atoms with Gasteiger partial charge in [0.1, 0.15) is 18.2 Å². The van der Waals surface area contributed by atoms with Crippen LogP contribution in [0.1, 0.15) is 15.9 Å². The van der Waals surface area contributed by atoms with Crippen molar-refractivity contribution in [1.29, 1.82) is 0 Å². The van der Waals surface area contributed by atoms with Gasteiger partial charge in [-0.15, -0.1) is 0 Å². The molecule has 1 N–H and O–H groups in total. The third-order valence-corrected chi connectivity index (χ3v) is 3.17. The van der Waals surface area contributed by atoms with E-state index in [0.29, 0.717) is 13.2 Å². The minimum absolute atomic E-state index is 0.0898. The fraction of sp³-hybridized carbons (Fsp3) is 0.188. The van der Waals surface area contributed by atoms with Crippen LogP contribution in [0.3, 0.4) is 0 Å². The molecule has 2 rings (SSSR count). The maximum Gasteiger partial charge on any atom is 0.252 e. The number of ether oxygens (including phenoxy) is 1. The first kappa shape index (κ1) is 15.3. The molecule has 2 aromatic carbocycles. The second-order valence-electron chi connectivity index (χ2n) is 4.54. The number of amides is 1. The van der Waals surface area contributed by atoms with Crippen molar-refractivity contribution in [3.8, 4) is 5.75 Å². The SMILES string of the molecule is Cc1ccc(OCCNC(=O)c2ccc(F)cc2Cl)cc1. The van der Waals surface area contributed by atoms with Crippen molar-refractivity contribution < 1.29 is 13.9 Å². The molecule has 0 fully saturated rings. The molecule has 2 aromatic rings. The van der Waals surface area contributed by atoms with E-state index in [2.05, 4.69) is 5.32 Å². The van der Waals surface area contributed by atoms with Gasteiger partial charge in [0.2, 0.25) is 0 Å². The summed E-state index contributed by atoms with van der Waals surface area (Å²) in [6, 6.07) is 11.3. The number of nitrogens with one attached hydrogen (secondary N) is 1. The van der Waals surface area contributed by atoms with Crippen molar-refractivity contribution in [3.05, 3.63) is 64.4 Å². The molecule has 0 spiro atoms. The van der Waals surface area contributed by atoms with Gasteiger partial charge in [-0.3, -0.25) is 4.79 Å². The Morgan fingerprint density at radius 3 is 2.62 bits per heavy atom. The molecule has 0 bridgehead atoms. The number of benzene rings is 2. The van der Waals surface area contributed by atoms with E-state index in [4.69, 9.17) is 16.3 Å². The van der Waals surface area contributed by atoms with E-state index in [1.807, 2.05) is 31.2 Å². The van der Waals surface area contributed by atoms with E-state index < -0.39 is 5.82 Å². The van der Waals surface area contributed by atoms with Gasteiger partial charge in [-0.05, 0) is 37.3 Å². The number of carbonyl (C=O) groups is 1. The molecule has 0 saturated carbocycles. The zero-order valence-electron chi connectivity index (χ0n) is 11.5. The van der Waals surface area contributed by atoms with E-state index in [9.17, 15) is 9.18 Å². The minimum atomic E-state index is -0.473. The lowest BCUT2D eigenvalue weighted by molar-refractivity contribution is 0.0947. The Labute approximate surface area is 127 Å². The van der Waals surface area contributed by atoms with Gasteiger partial charge in [-0.25, -0.2) is 4.39 Å². The number of aryl methyl sites for hydroxylation is 1. The van der Waals surface area contributed by atoms with Gasteiger partial charge >= 0.3 is 0 Å². The van der Waals surface area contributed by atoms with E-state index in [1.54, 1.807) is 0 Å². The highest BCUT2D eigenvalue weighted by Crippen LogP contribution is 2.17. The first-order valence-electron chi connectivity index (χ1n) is 6.49. The molecule has 21 heavy (non-hydrogen) atoms. The van der Waals surface area contributed by atoms with Crippen LogP contribution in [0.2, 0.25) is 5.02 Å². The summed E-state index contributed by atoms with van der Waals surface area (Å²) in [5.74, 6) is -0.0820. The van der Waals surface area contributed by atoms with E-state index in [0.717, 1.165) is 17.4 Å². The summed E-state index contributed by atoms with van der Waals surface area (Å²) in [6.07, 6.45) is 0. The van der Waals surface area contributed by atoms with E-state index in [1.165, 1.54) is 12.1 Å². The molecule has 0 aliphatic heterocycles. The molecule has 0 saturated heterocycles. The van der Waals surface area contributed by atoms with Gasteiger partial charge in [-0.2, -0.15) is 0 Å². The van der Waals surface area contributed by atoms with Crippen LogP contribution in [0.4, 0.5) is 4.39 Å². The van der Waals surface area contributed by atoms with Gasteiger partial charge in [0.15, 0.2) is 0 Å². The molecule has 0 aliphatic rings. The fourth-order valence-electron chi connectivity index (χ4n) is 1.74. The summed E-state index contributed by atoms with van der Waals surface area (Å²) in [6.45, 7) is 2.67. The highest BCUT2D eigenvalue weighted by molar-refractivity contribution is 6.33. The second kappa shape index (κ2) is 7.09. The van der Waals surface area contributed by atoms with Crippen LogP contribution in [0.5, 0.6) is 5.75 Å². The topological polar surface area (TPSA) is 38.3 Å². The second-order valence-corrected chi connectivity index (χ2v) is 4.95. The van der Waals surface area contributed by atoms with Crippen molar-refractivity contribution in [2.75, 3.05) is 13.2 Å². The molecule has 0 aliphatic carbocycles. The molecule has 1 amide bonds. The van der Waals surface area contributed by atoms with Gasteiger partial charge in [0, 0.05) is 0 Å². The van der Waals surface area contributed by atoms with Crippen LogP contribution in [0.15, 0.2) is 42.5 Å². The van der Waals surface area contributed by atoms with Crippen molar-refractivity contribution in [3.63, 3.8) is 0 Å². The summed E-state index contributed by atoms with van der Waals surface area (Å²) >= 11 is 5.82. The summed E-state index contributed by atoms with van der Waals surface area (Å²) in [7, 11) is 0. The predicted molar refractivity (Wildman–Crippen MR) is 80.4 cm³/mol. The van der Waals surface area contributed by atoms with Gasteiger partial charge < -0.3 is 10.1 Å². The van der Waals surface area contributed by atoms with Crippen molar-refractivity contribution >= 4 is 17.5 Å². The Bertz CT molecular complexity index is 629. The van der Waals surface area contributed by atoms with E-state index in [-0.39, 0.29) is 16.5 Å². The lowest BCUT2D eigenvalue weighted by Crippen LogP contribution is -2.28. The molecule has 0 heterocycles. The van der Waals surface area contributed by atoms with Crippen molar-refractivity contribution in [2.24, 2.45) is 0 Å². The smallest absolute Gasteiger partial charge is 0.252 e. The lowest BCUT2D eigenvalue weighted by Gasteiger charge is -2.09. The Morgan fingerprint density at radius 2 is 1.95 bits per heavy atom. The molecule has 3 nitrogen and oxygen atoms in total. The summed E-state index contributed by atoms with van der Waals surface area (Å²) in [5.41, 5.74) is 1.40. The first-order valence-corrected chi connectivity index (χ1v) is 6.87. The number of rotatable bonds is 5. The molecular formula is C16H15ClFNO2. The summed E-state index contributed by atoms with van der Waals surface area (Å²) in [5, 5.41) is 2.76. The standard InChI is InChI=1S/C16H15ClFNO2/c1-11-2-5-13(6-3-11)21-9-8-19-16(20)14-7-4-12(18)10-15(14)17/h2-7,10H,8-9H2,1H3,(H,19,20).